The lowest BCUT2D eigenvalue weighted by atomic mass is 9.98. The van der Waals surface area contributed by atoms with Crippen molar-refractivity contribution in [3.05, 3.63) is 119 Å². The minimum atomic E-state index is -2.92. The maximum absolute atomic E-state index is 16.1. The van der Waals surface area contributed by atoms with E-state index in [1.165, 1.54) is 0 Å². The third-order valence-electron chi connectivity index (χ3n) is 8.20. The Hall–Kier alpha value is -3.07. The molecule has 226 valence electrons. The van der Waals surface area contributed by atoms with Gasteiger partial charge in [-0.3, -0.25) is 4.98 Å². The zero-order valence-electron chi connectivity index (χ0n) is 25.4. The first kappa shape index (κ1) is 31.4. The number of rotatable bonds is 8. The van der Waals surface area contributed by atoms with Crippen molar-refractivity contribution < 1.29 is 18.7 Å². The number of pyridine rings is 1. The summed E-state index contributed by atoms with van der Waals surface area (Å²) in [6.07, 6.45) is 1.82. The second-order valence-electron chi connectivity index (χ2n) is 12.4. The molecule has 0 amide bonds. The van der Waals surface area contributed by atoms with E-state index in [1.54, 1.807) is 30.6 Å². The normalized spacial score (nSPS) is 18.5. The molecule has 5 rings (SSSR count). The van der Waals surface area contributed by atoms with Crippen LogP contribution in [0.5, 0.6) is 0 Å². The number of benzene rings is 3. The molecular weight excluding hydrogens is 579 g/mol. The third kappa shape index (κ3) is 6.28. The van der Waals surface area contributed by atoms with Crippen LogP contribution in [0.15, 0.2) is 91.3 Å². The molecule has 0 saturated carbocycles. The van der Waals surface area contributed by atoms with Crippen molar-refractivity contribution in [3.63, 3.8) is 0 Å². The maximum atomic E-state index is 16.1. The summed E-state index contributed by atoms with van der Waals surface area (Å²) >= 11 is 6.91. The van der Waals surface area contributed by atoms with Crippen LogP contribution in [0.1, 0.15) is 57.4 Å². The van der Waals surface area contributed by atoms with E-state index in [4.69, 9.17) is 20.8 Å². The average molecular weight is 619 g/mol. The van der Waals surface area contributed by atoms with Gasteiger partial charge in [0.15, 0.2) is 0 Å². The van der Waals surface area contributed by atoms with E-state index in [1.807, 2.05) is 26.0 Å². The van der Waals surface area contributed by atoms with Crippen LogP contribution in [0.2, 0.25) is 10.1 Å². The lowest BCUT2D eigenvalue weighted by Gasteiger charge is -2.43. The predicted molar refractivity (Wildman–Crippen MR) is 174 cm³/mol. The Balaban J connectivity index is 1.67. The highest BCUT2D eigenvalue weighted by Gasteiger charge is 2.50. The minimum absolute atomic E-state index is 0.0204. The van der Waals surface area contributed by atoms with Crippen LogP contribution in [-0.2, 0) is 15.8 Å². The molecule has 0 radical (unpaired) electrons. The van der Waals surface area contributed by atoms with Gasteiger partial charge in [0.25, 0.3) is 8.32 Å². The highest BCUT2D eigenvalue weighted by Crippen LogP contribution is 2.42. The molecule has 43 heavy (non-hydrogen) atoms. The first-order chi connectivity index (χ1) is 20.5. The van der Waals surface area contributed by atoms with E-state index in [2.05, 4.69) is 79.2 Å². The number of ether oxygens (including phenoxy) is 1. The summed E-state index contributed by atoms with van der Waals surface area (Å²) in [6.45, 7) is 12.0. The van der Waals surface area contributed by atoms with Gasteiger partial charge in [-0.05, 0) is 53.0 Å². The van der Waals surface area contributed by atoms with Crippen LogP contribution < -0.4 is 15.3 Å². The van der Waals surface area contributed by atoms with E-state index >= 15 is 4.39 Å². The maximum Gasteiger partial charge on any atom is 0.261 e. The van der Waals surface area contributed by atoms with Crippen molar-refractivity contribution in [1.82, 2.24) is 4.98 Å². The van der Waals surface area contributed by atoms with E-state index in [9.17, 15) is 5.11 Å². The highest BCUT2D eigenvalue weighted by atomic mass is 35.5. The van der Waals surface area contributed by atoms with Gasteiger partial charge < -0.3 is 19.2 Å². The second kappa shape index (κ2) is 12.9. The number of aliphatic hydroxyl groups excluding tert-OH is 1. The molecule has 0 aliphatic carbocycles. The van der Waals surface area contributed by atoms with Crippen LogP contribution in [0.3, 0.4) is 0 Å². The van der Waals surface area contributed by atoms with Crippen molar-refractivity contribution in [1.29, 1.82) is 0 Å². The number of nitrogens with zero attached hydrogens (tertiary/aromatic N) is 2. The van der Waals surface area contributed by atoms with Crippen molar-refractivity contribution in [3.8, 4) is 0 Å². The fourth-order valence-electron chi connectivity index (χ4n) is 6.38. The quantitative estimate of drug-likeness (QED) is 0.224. The van der Waals surface area contributed by atoms with Crippen LogP contribution in [-0.4, -0.2) is 43.7 Å². The molecule has 1 saturated heterocycles. The number of hydrogen-bond donors (Lipinski definition) is 1. The van der Waals surface area contributed by atoms with Gasteiger partial charge in [-0.25, -0.2) is 4.39 Å². The Morgan fingerprint density at radius 3 is 2.02 bits per heavy atom. The second-order valence-corrected chi connectivity index (χ2v) is 17.1. The summed E-state index contributed by atoms with van der Waals surface area (Å²) in [4.78, 5) is 6.13. The third-order valence-corrected chi connectivity index (χ3v) is 13.5. The molecule has 0 bridgehead atoms. The largest absolute Gasteiger partial charge is 0.403 e. The standard InChI is InChI=1S/C35H40ClFN2O3Si/c1-24-21-39(22-25(2)42-24)33-27(20-30(32(37)31(33)36)34(40)26-16-18-38-19-17-26)23-41-43(35(3,4)5,28-12-8-6-9-13-28)29-14-10-7-11-15-29/h6-20,24-25,34,40H,21-23H2,1-5H3. The lowest BCUT2D eigenvalue weighted by molar-refractivity contribution is -0.00532. The minimum Gasteiger partial charge on any atom is -0.403 e. The zero-order chi connectivity index (χ0) is 30.8. The molecule has 3 aromatic carbocycles. The van der Waals surface area contributed by atoms with Crippen LogP contribution in [0, 0.1) is 5.82 Å². The SMILES string of the molecule is CC1CN(c2c(CO[Si](c3ccccc3)(c3ccccc3)C(C)(C)C)cc(C(O)c3ccncc3)c(F)c2Cl)CC(C)O1. The van der Waals surface area contributed by atoms with Crippen molar-refractivity contribution >= 4 is 36.0 Å². The fourth-order valence-corrected chi connectivity index (χ4v) is 11.3. The molecular formula is C35H40ClFN2O3Si. The van der Waals surface area contributed by atoms with Gasteiger partial charge >= 0.3 is 0 Å². The Morgan fingerprint density at radius 2 is 1.51 bits per heavy atom. The number of aliphatic hydroxyl groups is 1. The number of halogens is 2. The number of morpholine rings is 1. The van der Waals surface area contributed by atoms with Crippen molar-refractivity contribution in [2.24, 2.45) is 0 Å². The van der Waals surface area contributed by atoms with Gasteiger partial charge in [-0.2, -0.15) is 0 Å². The molecule has 8 heteroatoms. The Morgan fingerprint density at radius 1 is 0.977 bits per heavy atom. The smallest absolute Gasteiger partial charge is 0.261 e. The fraction of sp³-hybridized carbons (Fsp3) is 0.343. The predicted octanol–water partition coefficient (Wildman–Crippen LogP) is 6.65. The van der Waals surface area contributed by atoms with Gasteiger partial charge in [0.05, 0.1) is 24.5 Å². The number of aromatic nitrogens is 1. The Kier molecular flexibility index (Phi) is 9.39. The first-order valence-corrected chi connectivity index (χ1v) is 17.1. The molecule has 2 heterocycles. The van der Waals surface area contributed by atoms with Crippen LogP contribution in [0.4, 0.5) is 10.1 Å². The van der Waals surface area contributed by atoms with Crippen molar-refractivity contribution in [2.75, 3.05) is 18.0 Å². The molecule has 1 aliphatic rings. The molecule has 3 atom stereocenters. The number of anilines is 1. The molecule has 1 aromatic heterocycles. The average Bonchev–Trinajstić information content (AvgIpc) is 2.99. The lowest BCUT2D eigenvalue weighted by Crippen LogP contribution is -2.66. The van der Waals surface area contributed by atoms with Gasteiger partial charge in [0.1, 0.15) is 16.9 Å². The summed E-state index contributed by atoms with van der Waals surface area (Å²) in [7, 11) is -2.92. The summed E-state index contributed by atoms with van der Waals surface area (Å²) < 4.78 is 29.4. The topological polar surface area (TPSA) is 54.8 Å². The molecule has 1 fully saturated rings. The Bertz CT molecular complexity index is 1470. The van der Waals surface area contributed by atoms with Gasteiger partial charge in [0.2, 0.25) is 0 Å². The van der Waals surface area contributed by atoms with Crippen LogP contribution in [0.25, 0.3) is 0 Å². The molecule has 5 nitrogen and oxygen atoms in total. The molecule has 4 aromatic rings. The summed E-state index contributed by atoms with van der Waals surface area (Å²) in [5.41, 5.74) is 1.95. The van der Waals surface area contributed by atoms with E-state index in [0.717, 1.165) is 15.9 Å². The van der Waals surface area contributed by atoms with Gasteiger partial charge in [-0.15, -0.1) is 0 Å². The van der Waals surface area contributed by atoms with Crippen LogP contribution >= 0.6 is 11.6 Å². The van der Waals surface area contributed by atoms with E-state index in [-0.39, 0.29) is 34.4 Å². The van der Waals surface area contributed by atoms with E-state index < -0.39 is 20.2 Å². The summed E-state index contributed by atoms with van der Waals surface area (Å²) in [5, 5.41) is 13.4. The zero-order valence-corrected chi connectivity index (χ0v) is 27.2. The van der Waals surface area contributed by atoms with Gasteiger partial charge in [-0.1, -0.05) is 93.0 Å². The summed E-state index contributed by atoms with van der Waals surface area (Å²) in [5.74, 6) is -0.637. The molecule has 3 unspecified atom stereocenters. The van der Waals surface area contributed by atoms with E-state index in [0.29, 0.717) is 24.3 Å². The summed E-state index contributed by atoms with van der Waals surface area (Å²) in [6, 6.07) is 25.9. The number of hydrogen-bond acceptors (Lipinski definition) is 5. The molecule has 0 spiro atoms. The molecule has 1 N–H and O–H groups in total. The monoisotopic (exact) mass is 618 g/mol. The first-order valence-electron chi connectivity index (χ1n) is 14.8. The Labute approximate surface area is 260 Å². The highest BCUT2D eigenvalue weighted by molar-refractivity contribution is 6.99. The van der Waals surface area contributed by atoms with Gasteiger partial charge in [0, 0.05) is 36.6 Å². The molecule has 1 aliphatic heterocycles. The van der Waals surface area contributed by atoms with Crippen molar-refractivity contribution in [2.45, 2.75) is 64.6 Å².